The lowest BCUT2D eigenvalue weighted by atomic mass is 10.1. The summed E-state index contributed by atoms with van der Waals surface area (Å²) in [5.41, 5.74) is 3.64. The van der Waals surface area contributed by atoms with Crippen LogP contribution in [-0.4, -0.2) is 64.4 Å². The van der Waals surface area contributed by atoms with Gasteiger partial charge < -0.3 is 14.4 Å². The van der Waals surface area contributed by atoms with E-state index < -0.39 is 0 Å². The Kier molecular flexibility index (Phi) is 6.36. The summed E-state index contributed by atoms with van der Waals surface area (Å²) in [6, 6.07) is 5.48. The van der Waals surface area contributed by atoms with Gasteiger partial charge in [0.05, 0.1) is 56.1 Å². The molecule has 4 heterocycles. The van der Waals surface area contributed by atoms with Crippen molar-refractivity contribution < 1.29 is 14.3 Å². The minimum atomic E-state index is -0.0622. The Hall–Kier alpha value is -3.46. The van der Waals surface area contributed by atoms with Crippen molar-refractivity contribution in [3.63, 3.8) is 0 Å². The van der Waals surface area contributed by atoms with E-state index >= 15 is 0 Å². The van der Waals surface area contributed by atoms with Crippen molar-refractivity contribution in [1.82, 2.24) is 24.6 Å². The fraction of sp³-hybridized carbons (Fsp3) is 0.391. The monoisotopic (exact) mass is 436 g/mol. The average molecular weight is 437 g/mol. The highest BCUT2D eigenvalue weighted by molar-refractivity contribution is 6.09. The van der Waals surface area contributed by atoms with Crippen LogP contribution in [0.1, 0.15) is 29.9 Å². The van der Waals surface area contributed by atoms with Crippen molar-refractivity contribution >= 4 is 11.6 Å². The van der Waals surface area contributed by atoms with Gasteiger partial charge in [0.1, 0.15) is 0 Å². The number of hydrogen-bond donors (Lipinski definition) is 0. The van der Waals surface area contributed by atoms with Gasteiger partial charge in [-0.3, -0.25) is 19.4 Å². The van der Waals surface area contributed by atoms with E-state index in [1.165, 1.54) is 0 Å². The Morgan fingerprint density at radius 3 is 2.66 bits per heavy atom. The molecule has 1 aliphatic heterocycles. The molecule has 0 bridgehead atoms. The standard InChI is InChI=1S/C23H28N6O3/c1-5-27(6-2)9-10-28-14-17(13-25-28)29-15-20-18(23(29)30)7-8-19(26-20)16-11-21(31-3)22(32-4)24-12-16/h7-8,11-14H,5-6,9-10,15H2,1-4H3. The van der Waals surface area contributed by atoms with Gasteiger partial charge in [-0.2, -0.15) is 5.10 Å². The largest absolute Gasteiger partial charge is 0.491 e. The minimum Gasteiger partial charge on any atom is -0.491 e. The first kappa shape index (κ1) is 21.8. The van der Waals surface area contributed by atoms with E-state index in [9.17, 15) is 4.79 Å². The Morgan fingerprint density at radius 2 is 1.94 bits per heavy atom. The van der Waals surface area contributed by atoms with Crippen LogP contribution in [0.3, 0.4) is 0 Å². The number of rotatable bonds is 9. The summed E-state index contributed by atoms with van der Waals surface area (Å²) in [5, 5.41) is 4.44. The lowest BCUT2D eigenvalue weighted by molar-refractivity contribution is 0.0996. The molecule has 0 atom stereocenters. The summed E-state index contributed by atoms with van der Waals surface area (Å²) in [4.78, 5) is 26.1. The van der Waals surface area contributed by atoms with Gasteiger partial charge in [-0.1, -0.05) is 13.8 Å². The van der Waals surface area contributed by atoms with Gasteiger partial charge in [-0.05, 0) is 31.3 Å². The molecule has 1 aliphatic rings. The van der Waals surface area contributed by atoms with Crippen LogP contribution in [0.15, 0.2) is 36.8 Å². The second-order valence-electron chi connectivity index (χ2n) is 7.51. The number of anilines is 1. The third kappa shape index (κ3) is 4.16. The van der Waals surface area contributed by atoms with Crippen LogP contribution in [-0.2, 0) is 13.1 Å². The first-order chi connectivity index (χ1) is 15.6. The van der Waals surface area contributed by atoms with Crippen LogP contribution in [0.4, 0.5) is 5.69 Å². The van der Waals surface area contributed by atoms with E-state index in [4.69, 9.17) is 14.5 Å². The van der Waals surface area contributed by atoms with Crippen molar-refractivity contribution in [1.29, 1.82) is 0 Å². The summed E-state index contributed by atoms with van der Waals surface area (Å²) >= 11 is 0. The van der Waals surface area contributed by atoms with Crippen LogP contribution < -0.4 is 14.4 Å². The summed E-state index contributed by atoms with van der Waals surface area (Å²) in [6.07, 6.45) is 5.35. The molecule has 0 saturated heterocycles. The number of carbonyl (C=O) groups excluding carboxylic acids is 1. The molecule has 168 valence electrons. The van der Waals surface area contributed by atoms with E-state index in [0.717, 1.165) is 48.8 Å². The number of fused-ring (bicyclic) bond motifs is 1. The Bertz CT molecular complexity index is 1110. The first-order valence-corrected chi connectivity index (χ1v) is 10.7. The average Bonchev–Trinajstić information content (AvgIpc) is 3.43. The number of likely N-dealkylation sites (N-methyl/N-ethyl adjacent to an activating group) is 1. The van der Waals surface area contributed by atoms with Crippen LogP contribution in [0, 0.1) is 0 Å². The maximum absolute atomic E-state index is 13.0. The highest BCUT2D eigenvalue weighted by atomic mass is 16.5. The molecule has 0 aliphatic carbocycles. The molecular formula is C23H28N6O3. The number of aromatic nitrogens is 4. The molecule has 0 radical (unpaired) electrons. The third-order valence-electron chi connectivity index (χ3n) is 5.76. The zero-order valence-corrected chi connectivity index (χ0v) is 18.9. The van der Waals surface area contributed by atoms with Crippen molar-refractivity contribution in [2.75, 3.05) is 38.8 Å². The van der Waals surface area contributed by atoms with E-state index in [1.807, 2.05) is 29.1 Å². The Labute approximate surface area is 187 Å². The number of methoxy groups -OCH3 is 2. The molecule has 4 rings (SSSR count). The zero-order valence-electron chi connectivity index (χ0n) is 18.9. The smallest absolute Gasteiger partial charge is 0.260 e. The van der Waals surface area contributed by atoms with Crippen LogP contribution in [0.5, 0.6) is 11.6 Å². The normalized spacial score (nSPS) is 13.0. The lowest BCUT2D eigenvalue weighted by Crippen LogP contribution is -2.27. The van der Waals surface area contributed by atoms with Gasteiger partial charge in [0.15, 0.2) is 5.75 Å². The van der Waals surface area contributed by atoms with Crippen LogP contribution in [0.2, 0.25) is 0 Å². The maximum Gasteiger partial charge on any atom is 0.260 e. The number of amides is 1. The van der Waals surface area contributed by atoms with Crippen LogP contribution >= 0.6 is 0 Å². The summed E-state index contributed by atoms with van der Waals surface area (Å²) in [5.74, 6) is 0.881. The number of pyridine rings is 2. The lowest BCUT2D eigenvalue weighted by Gasteiger charge is -2.17. The molecule has 3 aromatic rings. The minimum absolute atomic E-state index is 0.0622. The molecule has 0 unspecified atom stereocenters. The number of hydrogen-bond acceptors (Lipinski definition) is 7. The fourth-order valence-corrected chi connectivity index (χ4v) is 3.82. The van der Waals surface area contributed by atoms with E-state index in [2.05, 4.69) is 28.8 Å². The van der Waals surface area contributed by atoms with Gasteiger partial charge in [0.2, 0.25) is 0 Å². The molecule has 0 N–H and O–H groups in total. The summed E-state index contributed by atoms with van der Waals surface area (Å²) in [7, 11) is 3.11. The number of ether oxygens (including phenoxy) is 2. The summed E-state index contributed by atoms with van der Waals surface area (Å²) in [6.45, 7) is 8.43. The molecule has 0 spiro atoms. The second-order valence-corrected chi connectivity index (χ2v) is 7.51. The van der Waals surface area contributed by atoms with Gasteiger partial charge >= 0.3 is 0 Å². The predicted octanol–water partition coefficient (Wildman–Crippen LogP) is 2.86. The van der Waals surface area contributed by atoms with E-state index in [0.29, 0.717) is 23.7 Å². The van der Waals surface area contributed by atoms with Gasteiger partial charge in [-0.15, -0.1) is 0 Å². The molecule has 0 fully saturated rings. The maximum atomic E-state index is 13.0. The molecule has 9 heteroatoms. The molecule has 0 saturated carbocycles. The molecule has 9 nitrogen and oxygen atoms in total. The fourth-order valence-electron chi connectivity index (χ4n) is 3.82. The molecule has 1 amide bonds. The van der Waals surface area contributed by atoms with Gasteiger partial charge in [-0.25, -0.2) is 4.98 Å². The Balaban J connectivity index is 1.52. The molecular weight excluding hydrogens is 408 g/mol. The number of carbonyl (C=O) groups is 1. The van der Waals surface area contributed by atoms with Gasteiger partial charge in [0, 0.05) is 24.5 Å². The first-order valence-electron chi connectivity index (χ1n) is 10.7. The quantitative estimate of drug-likeness (QED) is 0.510. The van der Waals surface area contributed by atoms with Crippen LogP contribution in [0.25, 0.3) is 11.3 Å². The third-order valence-corrected chi connectivity index (χ3v) is 5.76. The van der Waals surface area contributed by atoms with Crippen molar-refractivity contribution in [2.45, 2.75) is 26.9 Å². The van der Waals surface area contributed by atoms with Crippen molar-refractivity contribution in [3.8, 4) is 22.9 Å². The van der Waals surface area contributed by atoms with Crippen molar-refractivity contribution in [2.24, 2.45) is 0 Å². The predicted molar refractivity (Wildman–Crippen MR) is 121 cm³/mol. The van der Waals surface area contributed by atoms with E-state index in [-0.39, 0.29) is 5.91 Å². The summed E-state index contributed by atoms with van der Waals surface area (Å²) < 4.78 is 12.4. The molecule has 0 aromatic carbocycles. The van der Waals surface area contributed by atoms with Gasteiger partial charge in [0.25, 0.3) is 11.8 Å². The van der Waals surface area contributed by atoms with E-state index in [1.54, 1.807) is 31.5 Å². The topological polar surface area (TPSA) is 85.6 Å². The highest BCUT2D eigenvalue weighted by Gasteiger charge is 2.31. The second kappa shape index (κ2) is 9.35. The zero-order chi connectivity index (χ0) is 22.7. The molecule has 32 heavy (non-hydrogen) atoms. The van der Waals surface area contributed by atoms with Crippen molar-refractivity contribution in [3.05, 3.63) is 48.0 Å². The Morgan fingerprint density at radius 1 is 1.12 bits per heavy atom. The highest BCUT2D eigenvalue weighted by Crippen LogP contribution is 2.32. The SMILES string of the molecule is CCN(CC)CCn1cc(N2Cc3nc(-c4cnc(OC)c(OC)c4)ccc3C2=O)cn1. The molecule has 3 aromatic heterocycles. The number of nitrogens with zero attached hydrogens (tertiary/aromatic N) is 6.